The molecule has 1 aliphatic rings. The van der Waals surface area contributed by atoms with Gasteiger partial charge in [-0.25, -0.2) is 9.98 Å². The van der Waals surface area contributed by atoms with E-state index in [2.05, 4.69) is 20.0 Å². The van der Waals surface area contributed by atoms with Crippen molar-refractivity contribution < 1.29 is 71.1 Å². The van der Waals surface area contributed by atoms with Crippen LogP contribution in [0.3, 0.4) is 0 Å². The van der Waals surface area contributed by atoms with Gasteiger partial charge in [-0.15, -0.1) is 0 Å². The number of rotatable bonds is 0. The molecule has 0 atom stereocenters. The van der Waals surface area contributed by atoms with Crippen LogP contribution in [0.1, 0.15) is 46.2 Å². The summed E-state index contributed by atoms with van der Waals surface area (Å²) in [6, 6.07) is 7.48. The molecule has 0 saturated heterocycles. The minimum atomic E-state index is -1.75. The largest absolute Gasteiger partial charge is 3.00 e. The van der Waals surface area contributed by atoms with E-state index in [9.17, 15) is 10.2 Å². The average Bonchev–Trinajstić information content (AvgIpc) is 2.86. The Morgan fingerprint density at radius 1 is 0.605 bits per heavy atom. The molecular weight excluding hydrogens is 701 g/mol. The van der Waals surface area contributed by atoms with E-state index in [-0.39, 0.29) is 47.1 Å². The van der Waals surface area contributed by atoms with Crippen molar-refractivity contribution in [1.82, 2.24) is 0 Å². The molecule has 0 amide bonds. The maximum Gasteiger partial charge on any atom is 3.00 e. The van der Waals surface area contributed by atoms with Crippen LogP contribution in [0.4, 0.5) is 0 Å². The molecule has 19 heteroatoms. The molecule has 0 aliphatic carbocycles. The minimum Gasteiger partial charge on any atom is -0.871 e. The van der Waals surface area contributed by atoms with Crippen LogP contribution in [0.2, 0.25) is 0 Å². The molecule has 0 radical (unpaired) electrons. The fraction of sp³-hybridized carbons (Fsp3) is 0.333. The van der Waals surface area contributed by atoms with E-state index >= 15 is 0 Å². The SMILES string of the molecule is Cc1cc2c([O-])c(c1)C=[NH+]CCC[NH+]=Cc1cc(C)cc(c1[O-])C=NCCCN=C2.O=[N+]([O-])[O-].O=[N+]([O-])[O-].O=[N+]([O-])[O-].[La+3]. The molecule has 18 nitrogen and oxygen atoms in total. The Morgan fingerprint density at radius 2 is 0.907 bits per heavy atom. The molecule has 1 aliphatic heterocycles. The topological polar surface area (TPSA) is 297 Å². The first-order valence-electron chi connectivity index (χ1n) is 11.9. The molecule has 43 heavy (non-hydrogen) atoms. The second kappa shape index (κ2) is 23.1. The van der Waals surface area contributed by atoms with Gasteiger partial charge in [-0.2, -0.15) is 0 Å². The van der Waals surface area contributed by atoms with Crippen LogP contribution in [0.5, 0.6) is 11.5 Å². The quantitative estimate of drug-likeness (QED) is 0.222. The molecule has 3 rings (SSSR count). The average molecular weight is 729 g/mol. The molecule has 2 aromatic rings. The van der Waals surface area contributed by atoms with E-state index < -0.39 is 15.3 Å². The zero-order valence-corrected chi connectivity index (χ0v) is 26.8. The van der Waals surface area contributed by atoms with Gasteiger partial charge in [0.05, 0.1) is 21.7 Å². The van der Waals surface area contributed by atoms with Gasteiger partial charge in [-0.1, -0.05) is 23.6 Å². The Hall–Kier alpha value is -4.49. The molecule has 0 aromatic heterocycles. The van der Waals surface area contributed by atoms with Crippen molar-refractivity contribution in [1.29, 1.82) is 0 Å². The summed E-state index contributed by atoms with van der Waals surface area (Å²) in [6.07, 6.45) is 8.43. The van der Waals surface area contributed by atoms with Gasteiger partial charge < -0.3 is 56.2 Å². The van der Waals surface area contributed by atoms with Gasteiger partial charge in [0.25, 0.3) is 0 Å². The number of aliphatic imine (C=N–C) groups is 2. The normalized spacial score (nSPS) is 12.3. The van der Waals surface area contributed by atoms with Gasteiger partial charge in [0, 0.05) is 36.6 Å². The summed E-state index contributed by atoms with van der Waals surface area (Å²) in [7, 11) is 0. The van der Waals surface area contributed by atoms with E-state index in [4.69, 9.17) is 46.0 Å². The molecule has 0 fully saturated rings. The molecule has 4 bridgehead atoms. The summed E-state index contributed by atoms with van der Waals surface area (Å²) in [4.78, 5) is 39.9. The first-order chi connectivity index (χ1) is 19.7. The standard InChI is InChI=1S/C24H28N4O2.La.3NO3/c1-17-9-19-13-25-5-3-7-27-15-21-11-18(2)12-22(24(21)30)16-28-8-4-6-26-14-20(10-17)23(19)29;;3*2-1(3)4/h9-16,29-30H,3-8H2,1-2H3;;;;/q;+3;3*-1. The van der Waals surface area contributed by atoms with Crippen molar-refractivity contribution >= 4 is 24.9 Å². The van der Waals surface area contributed by atoms with Crippen LogP contribution in [-0.4, -0.2) is 66.3 Å². The first-order valence-corrected chi connectivity index (χ1v) is 11.9. The second-order valence-electron chi connectivity index (χ2n) is 8.19. The maximum absolute atomic E-state index is 12.6. The third-order valence-electron chi connectivity index (χ3n) is 4.77. The summed E-state index contributed by atoms with van der Waals surface area (Å²) < 4.78 is 0. The zero-order chi connectivity index (χ0) is 32.1. The van der Waals surface area contributed by atoms with Crippen molar-refractivity contribution in [3.63, 3.8) is 0 Å². The van der Waals surface area contributed by atoms with Crippen molar-refractivity contribution in [2.24, 2.45) is 9.98 Å². The first kappa shape index (κ1) is 40.7. The van der Waals surface area contributed by atoms with E-state index in [0.29, 0.717) is 48.4 Å². The van der Waals surface area contributed by atoms with Crippen LogP contribution >= 0.6 is 0 Å². The third-order valence-corrected chi connectivity index (χ3v) is 4.77. The Kier molecular flexibility index (Phi) is 21.9. The van der Waals surface area contributed by atoms with Crippen LogP contribution < -0.4 is 20.2 Å². The molecular formula is C24H28LaN7O11. The summed E-state index contributed by atoms with van der Waals surface area (Å²) in [5, 5.41) is 69.5. The van der Waals surface area contributed by atoms with E-state index in [1.54, 1.807) is 24.9 Å². The van der Waals surface area contributed by atoms with E-state index in [1.807, 2.05) is 38.1 Å². The molecule has 0 spiro atoms. The molecule has 0 saturated carbocycles. The van der Waals surface area contributed by atoms with Crippen LogP contribution in [0.15, 0.2) is 34.3 Å². The Balaban J connectivity index is 0. The minimum absolute atomic E-state index is 0. The fourth-order valence-corrected chi connectivity index (χ4v) is 3.30. The van der Waals surface area contributed by atoms with Gasteiger partial charge in [-0.3, -0.25) is 9.98 Å². The van der Waals surface area contributed by atoms with E-state index in [1.165, 1.54) is 0 Å². The smallest absolute Gasteiger partial charge is 0.871 e. The molecule has 0 unspecified atom stereocenters. The number of nitrogens with one attached hydrogen (secondary N) is 2. The Labute approximate surface area is 272 Å². The molecule has 228 valence electrons. The van der Waals surface area contributed by atoms with Crippen LogP contribution in [0.25, 0.3) is 0 Å². The van der Waals surface area contributed by atoms with Crippen LogP contribution in [-0.2, 0) is 0 Å². The number of nitrogens with zero attached hydrogens (tertiary/aromatic N) is 5. The summed E-state index contributed by atoms with van der Waals surface area (Å²) in [6.45, 7) is 6.52. The number of fused-ring (bicyclic) bond motifs is 4. The zero-order valence-electron chi connectivity index (χ0n) is 23.2. The summed E-state index contributed by atoms with van der Waals surface area (Å²) >= 11 is 0. The summed E-state index contributed by atoms with van der Waals surface area (Å²) in [5.74, 6) is -0.0415. The van der Waals surface area contributed by atoms with Gasteiger partial charge in [0.2, 0.25) is 0 Å². The maximum atomic E-state index is 12.6. The van der Waals surface area contributed by atoms with Crippen molar-refractivity contribution in [2.45, 2.75) is 26.7 Å². The predicted octanol–water partition coefficient (Wildman–Crippen LogP) is -1.94. The van der Waals surface area contributed by atoms with Crippen molar-refractivity contribution in [3.05, 3.63) is 104 Å². The summed E-state index contributed by atoms with van der Waals surface area (Å²) in [5.41, 5.74) is 4.52. The third kappa shape index (κ3) is 21.0. The van der Waals surface area contributed by atoms with Crippen LogP contribution in [0, 0.1) is 95.4 Å². The van der Waals surface area contributed by atoms with E-state index in [0.717, 1.165) is 24.0 Å². The van der Waals surface area contributed by atoms with Gasteiger partial charge in [0.15, 0.2) is 12.4 Å². The molecule has 1 heterocycles. The Bertz CT molecular complexity index is 1130. The Morgan fingerprint density at radius 3 is 1.23 bits per heavy atom. The predicted molar refractivity (Wildman–Crippen MR) is 148 cm³/mol. The second-order valence-corrected chi connectivity index (χ2v) is 8.19. The number of aryl methyl sites for hydroxylation is 2. The number of hydrogen-bond donors (Lipinski definition) is 2. The monoisotopic (exact) mass is 729 g/mol. The van der Waals surface area contributed by atoms with Gasteiger partial charge in [-0.05, 0) is 54.7 Å². The number of hydrogen-bond acceptors (Lipinski definition) is 13. The molecule has 2 N–H and O–H groups in total. The number of benzene rings is 2. The van der Waals surface area contributed by atoms with Gasteiger partial charge in [0.1, 0.15) is 13.1 Å². The van der Waals surface area contributed by atoms with Gasteiger partial charge >= 0.3 is 35.6 Å². The fourth-order valence-electron chi connectivity index (χ4n) is 3.30. The van der Waals surface area contributed by atoms with Crippen molar-refractivity contribution in [2.75, 3.05) is 26.2 Å². The van der Waals surface area contributed by atoms with Crippen molar-refractivity contribution in [3.8, 4) is 11.5 Å². The molecule has 2 aromatic carbocycles.